The molecule has 202 valence electrons. The molecule has 0 radical (unpaired) electrons. The number of hydrogen-bond acceptors (Lipinski definition) is 2. The molecule has 1 atom stereocenters. The first kappa shape index (κ1) is 26.5. The number of fused-ring (bicyclic) bond motifs is 1. The summed E-state index contributed by atoms with van der Waals surface area (Å²) in [5.41, 5.74) is 2.85. The third kappa shape index (κ3) is 6.33. The van der Waals surface area contributed by atoms with Crippen LogP contribution in [0.2, 0.25) is 0 Å². The normalized spacial score (nSPS) is 16.2. The lowest BCUT2D eigenvalue weighted by molar-refractivity contribution is -0.149. The summed E-state index contributed by atoms with van der Waals surface area (Å²) in [6.07, 6.45) is -0.429. The molecule has 3 aromatic carbocycles. The van der Waals surface area contributed by atoms with Crippen molar-refractivity contribution in [1.29, 1.82) is 0 Å². The number of nitrogens with one attached hydrogen (secondary N) is 1. The van der Waals surface area contributed by atoms with Gasteiger partial charge in [-0.25, -0.2) is 0 Å². The molecule has 0 aliphatic carbocycles. The van der Waals surface area contributed by atoms with Gasteiger partial charge in [-0.15, -0.1) is 0 Å². The van der Waals surface area contributed by atoms with Crippen LogP contribution in [0.5, 0.6) is 0 Å². The van der Waals surface area contributed by atoms with Gasteiger partial charge in [-0.1, -0.05) is 60.7 Å². The monoisotopic (exact) mass is 533 g/mol. The zero-order chi connectivity index (χ0) is 27.4. The smallest absolute Gasteiger partial charge is 0.361 e. The second-order valence-corrected chi connectivity index (χ2v) is 10.0. The van der Waals surface area contributed by atoms with Crippen molar-refractivity contribution in [3.8, 4) is 0 Å². The molecule has 0 spiro atoms. The topological polar surface area (TPSA) is 56.4 Å². The summed E-state index contributed by atoms with van der Waals surface area (Å²) in [6.45, 7) is 0.345. The molecule has 2 heterocycles. The van der Waals surface area contributed by atoms with Crippen molar-refractivity contribution >= 4 is 22.7 Å². The number of nitrogens with zero attached hydrogens (tertiary/aromatic N) is 2. The number of aromatic nitrogens is 1. The molecule has 5 rings (SSSR count). The molecule has 1 aliphatic heterocycles. The van der Waals surface area contributed by atoms with Gasteiger partial charge in [0, 0.05) is 36.6 Å². The molecule has 0 unspecified atom stereocenters. The molecule has 0 saturated carbocycles. The molecule has 0 bridgehead atoms. The number of piperazine rings is 1. The van der Waals surface area contributed by atoms with Crippen LogP contribution in [-0.4, -0.2) is 45.7 Å². The van der Waals surface area contributed by atoms with Crippen molar-refractivity contribution in [2.75, 3.05) is 13.1 Å². The van der Waals surface area contributed by atoms with E-state index in [1.54, 1.807) is 15.9 Å². The minimum atomic E-state index is -4.46. The lowest BCUT2D eigenvalue weighted by Gasteiger charge is -2.41. The Balaban J connectivity index is 1.30. The first-order valence-electron chi connectivity index (χ1n) is 13.1. The van der Waals surface area contributed by atoms with Crippen molar-refractivity contribution in [3.05, 3.63) is 107 Å². The maximum atomic E-state index is 13.3. The van der Waals surface area contributed by atoms with E-state index >= 15 is 0 Å². The Hall–Kier alpha value is -4.07. The first-order chi connectivity index (χ1) is 18.8. The van der Waals surface area contributed by atoms with Gasteiger partial charge in [-0.3, -0.25) is 9.59 Å². The Kier molecular flexibility index (Phi) is 7.72. The molecule has 4 aromatic rings. The van der Waals surface area contributed by atoms with Gasteiger partial charge in [0.2, 0.25) is 11.8 Å². The van der Waals surface area contributed by atoms with E-state index in [0.29, 0.717) is 31.4 Å². The summed E-state index contributed by atoms with van der Waals surface area (Å²) in [6, 6.07) is 22.5. The van der Waals surface area contributed by atoms with Crippen molar-refractivity contribution in [2.45, 2.75) is 44.4 Å². The van der Waals surface area contributed by atoms with Gasteiger partial charge in [-0.2, -0.15) is 13.2 Å². The number of hydrogen-bond donors (Lipinski definition) is 1. The molecule has 39 heavy (non-hydrogen) atoms. The van der Waals surface area contributed by atoms with Gasteiger partial charge in [-0.05, 0) is 54.2 Å². The fourth-order valence-electron chi connectivity index (χ4n) is 5.29. The second-order valence-electron chi connectivity index (χ2n) is 10.0. The Bertz CT molecular complexity index is 1450. The van der Waals surface area contributed by atoms with E-state index in [1.807, 2.05) is 60.8 Å². The molecule has 2 amide bonds. The van der Waals surface area contributed by atoms with Gasteiger partial charge >= 0.3 is 6.18 Å². The van der Waals surface area contributed by atoms with E-state index in [1.165, 1.54) is 6.07 Å². The summed E-state index contributed by atoms with van der Waals surface area (Å²) >= 11 is 0. The molecular formula is C31H30F3N3O2. The van der Waals surface area contributed by atoms with Crippen molar-refractivity contribution in [2.24, 2.45) is 0 Å². The zero-order valence-electron chi connectivity index (χ0n) is 21.5. The highest BCUT2D eigenvalue weighted by molar-refractivity contribution is 5.87. The molecule has 8 heteroatoms. The summed E-state index contributed by atoms with van der Waals surface area (Å²) < 4.78 is 39.8. The predicted octanol–water partition coefficient (Wildman–Crippen LogP) is 5.99. The van der Waals surface area contributed by atoms with Crippen LogP contribution in [0.25, 0.3) is 10.9 Å². The van der Waals surface area contributed by atoms with Gasteiger partial charge in [0.05, 0.1) is 18.2 Å². The van der Waals surface area contributed by atoms with Gasteiger partial charge in [0.15, 0.2) is 0 Å². The maximum absolute atomic E-state index is 13.3. The van der Waals surface area contributed by atoms with Crippen LogP contribution in [0.1, 0.15) is 35.1 Å². The number of aromatic amines is 1. The Morgan fingerprint density at radius 1 is 0.923 bits per heavy atom. The number of carbonyl (C=O) groups is 2. The van der Waals surface area contributed by atoms with E-state index in [4.69, 9.17) is 0 Å². The number of carbonyl (C=O) groups excluding carboxylic acids is 2. The third-order valence-electron chi connectivity index (χ3n) is 7.37. The maximum Gasteiger partial charge on any atom is 0.416 e. The molecule has 1 aromatic heterocycles. The third-order valence-corrected chi connectivity index (χ3v) is 7.37. The summed E-state index contributed by atoms with van der Waals surface area (Å²) in [5, 5.41) is 1.08. The standard InChI is InChI=1S/C31H30F3N3O2/c32-31(33,34)25-10-6-9-23(17-25)19-37-26(15-13-22-7-2-1-3-8-22)20-36(21-30(37)39)29(38)16-14-24-18-35-28-12-5-4-11-27(24)28/h1-12,17-18,26,35H,13-16,19-21H2/t26-/m0/s1. The Labute approximate surface area is 225 Å². The van der Waals surface area contributed by atoms with E-state index in [9.17, 15) is 22.8 Å². The van der Waals surface area contributed by atoms with Crippen LogP contribution in [0, 0.1) is 0 Å². The fraction of sp³-hybridized carbons (Fsp3) is 0.290. The average molecular weight is 534 g/mol. The first-order valence-corrected chi connectivity index (χ1v) is 13.1. The number of aryl methyl sites for hydroxylation is 2. The molecule has 5 nitrogen and oxygen atoms in total. The molecular weight excluding hydrogens is 503 g/mol. The number of halogens is 3. The summed E-state index contributed by atoms with van der Waals surface area (Å²) in [7, 11) is 0. The second kappa shape index (κ2) is 11.4. The van der Waals surface area contributed by atoms with Crippen molar-refractivity contribution < 1.29 is 22.8 Å². The average Bonchev–Trinajstić information content (AvgIpc) is 3.35. The Morgan fingerprint density at radius 2 is 1.67 bits per heavy atom. The number of para-hydroxylation sites is 1. The van der Waals surface area contributed by atoms with E-state index in [0.717, 1.165) is 34.2 Å². The van der Waals surface area contributed by atoms with E-state index in [-0.39, 0.29) is 37.4 Å². The van der Waals surface area contributed by atoms with Crippen LogP contribution in [0.15, 0.2) is 85.1 Å². The number of amides is 2. The summed E-state index contributed by atoms with van der Waals surface area (Å²) in [5.74, 6) is -0.353. The van der Waals surface area contributed by atoms with Gasteiger partial charge in [0.1, 0.15) is 0 Å². The van der Waals surface area contributed by atoms with Crippen molar-refractivity contribution in [3.63, 3.8) is 0 Å². The number of H-pyrrole nitrogens is 1. The number of alkyl halides is 3. The minimum absolute atomic E-state index is 0.0690. The quantitative estimate of drug-likeness (QED) is 0.303. The van der Waals surface area contributed by atoms with Gasteiger partial charge < -0.3 is 14.8 Å². The molecule has 1 fully saturated rings. The SMILES string of the molecule is O=C(CCc1c[nH]c2ccccc12)N1CC(=O)N(Cc2cccc(C(F)(F)F)c2)[C@@H](CCc2ccccc2)C1. The van der Waals surface area contributed by atoms with Gasteiger partial charge in [0.25, 0.3) is 0 Å². The number of benzene rings is 3. The Morgan fingerprint density at radius 3 is 2.46 bits per heavy atom. The van der Waals surface area contributed by atoms with E-state index < -0.39 is 11.7 Å². The molecule has 1 saturated heterocycles. The molecule has 1 N–H and O–H groups in total. The van der Waals surface area contributed by atoms with E-state index in [2.05, 4.69) is 4.98 Å². The highest BCUT2D eigenvalue weighted by Crippen LogP contribution is 2.30. The van der Waals surface area contributed by atoms with Crippen LogP contribution in [0.4, 0.5) is 13.2 Å². The zero-order valence-corrected chi connectivity index (χ0v) is 21.5. The number of rotatable bonds is 8. The van der Waals surface area contributed by atoms with Crippen LogP contribution in [-0.2, 0) is 35.2 Å². The fourth-order valence-corrected chi connectivity index (χ4v) is 5.29. The van der Waals surface area contributed by atoms with Crippen LogP contribution < -0.4 is 0 Å². The highest BCUT2D eigenvalue weighted by Gasteiger charge is 2.35. The molecule has 1 aliphatic rings. The highest BCUT2D eigenvalue weighted by atomic mass is 19.4. The predicted molar refractivity (Wildman–Crippen MR) is 144 cm³/mol. The lowest BCUT2D eigenvalue weighted by atomic mass is 9.99. The van der Waals surface area contributed by atoms with Crippen LogP contribution in [0.3, 0.4) is 0 Å². The lowest BCUT2D eigenvalue weighted by Crippen LogP contribution is -2.57. The van der Waals surface area contributed by atoms with Crippen LogP contribution >= 0.6 is 0 Å². The minimum Gasteiger partial charge on any atom is -0.361 e. The summed E-state index contributed by atoms with van der Waals surface area (Å²) in [4.78, 5) is 33.0. The largest absolute Gasteiger partial charge is 0.416 e. The van der Waals surface area contributed by atoms with Crippen molar-refractivity contribution in [1.82, 2.24) is 14.8 Å².